The highest BCUT2D eigenvalue weighted by Crippen LogP contribution is 2.17. The number of hydrogen-bond donors (Lipinski definition) is 1. The Bertz CT molecular complexity index is 401. The molecule has 0 aliphatic carbocycles. The lowest BCUT2D eigenvalue weighted by atomic mass is 10.1. The number of alkyl carbamates (subject to hydrolysis) is 1. The quantitative estimate of drug-likeness (QED) is 0.899. The van der Waals surface area contributed by atoms with Gasteiger partial charge in [0.05, 0.1) is 12.0 Å². The summed E-state index contributed by atoms with van der Waals surface area (Å²) in [5.74, 6) is -0.325. The highest BCUT2D eigenvalue weighted by atomic mass is 32.1. The zero-order valence-corrected chi connectivity index (χ0v) is 11.0. The molecule has 0 radical (unpaired) electrons. The van der Waals surface area contributed by atoms with Gasteiger partial charge in [0.15, 0.2) is 0 Å². The van der Waals surface area contributed by atoms with Gasteiger partial charge in [0, 0.05) is 6.54 Å². The number of carbonyl (C=O) groups is 1. The van der Waals surface area contributed by atoms with Crippen molar-refractivity contribution in [3.05, 3.63) is 22.4 Å². The second kappa shape index (κ2) is 5.69. The number of nitriles is 1. The summed E-state index contributed by atoms with van der Waals surface area (Å²) in [5, 5.41) is 15.4. The predicted molar refractivity (Wildman–Crippen MR) is 66.9 cm³/mol. The molecule has 0 aromatic carbocycles. The molecule has 5 heteroatoms. The summed E-state index contributed by atoms with van der Waals surface area (Å²) in [6.45, 7) is 5.66. The van der Waals surface area contributed by atoms with Crippen LogP contribution in [0.15, 0.2) is 16.8 Å². The Morgan fingerprint density at radius 3 is 2.82 bits per heavy atom. The van der Waals surface area contributed by atoms with Crippen molar-refractivity contribution in [2.75, 3.05) is 6.54 Å². The molecule has 4 nitrogen and oxygen atoms in total. The molecule has 1 unspecified atom stereocenters. The summed E-state index contributed by atoms with van der Waals surface area (Å²) in [5.41, 5.74) is 0.405. The highest BCUT2D eigenvalue weighted by Gasteiger charge is 2.18. The Balaban J connectivity index is 2.45. The van der Waals surface area contributed by atoms with E-state index in [2.05, 4.69) is 11.4 Å². The fraction of sp³-hybridized carbons (Fsp3) is 0.500. The van der Waals surface area contributed by atoms with Crippen LogP contribution in [-0.2, 0) is 4.74 Å². The second-order valence-electron chi connectivity index (χ2n) is 4.62. The fourth-order valence-electron chi connectivity index (χ4n) is 1.21. The number of amides is 1. The summed E-state index contributed by atoms with van der Waals surface area (Å²) in [6, 6.07) is 4.04. The molecular formula is C12H16N2O2S. The van der Waals surface area contributed by atoms with Gasteiger partial charge >= 0.3 is 6.09 Å². The van der Waals surface area contributed by atoms with E-state index in [4.69, 9.17) is 10.00 Å². The van der Waals surface area contributed by atoms with Crippen LogP contribution in [0.4, 0.5) is 4.79 Å². The zero-order chi connectivity index (χ0) is 12.9. The normalized spacial score (nSPS) is 12.6. The van der Waals surface area contributed by atoms with Gasteiger partial charge in [0.2, 0.25) is 0 Å². The van der Waals surface area contributed by atoms with Crippen LogP contribution in [0.2, 0.25) is 0 Å². The third-order valence-electron chi connectivity index (χ3n) is 1.95. The molecule has 0 aliphatic heterocycles. The van der Waals surface area contributed by atoms with Gasteiger partial charge in [0.1, 0.15) is 5.60 Å². The molecule has 1 aromatic rings. The van der Waals surface area contributed by atoms with Crippen molar-refractivity contribution in [3.8, 4) is 6.07 Å². The topological polar surface area (TPSA) is 62.1 Å². The number of carbonyl (C=O) groups excluding carboxylic acids is 1. The van der Waals surface area contributed by atoms with Crippen LogP contribution < -0.4 is 5.32 Å². The molecule has 1 N–H and O–H groups in total. The van der Waals surface area contributed by atoms with Crippen molar-refractivity contribution < 1.29 is 9.53 Å². The summed E-state index contributed by atoms with van der Waals surface area (Å²) < 4.78 is 5.09. The van der Waals surface area contributed by atoms with Gasteiger partial charge in [-0.25, -0.2) is 4.79 Å². The van der Waals surface area contributed by atoms with Crippen LogP contribution in [0.1, 0.15) is 32.3 Å². The third-order valence-corrected chi connectivity index (χ3v) is 2.65. The van der Waals surface area contributed by atoms with E-state index < -0.39 is 11.7 Å². The average molecular weight is 252 g/mol. The summed E-state index contributed by atoms with van der Waals surface area (Å²) in [6.07, 6.45) is -0.493. The van der Waals surface area contributed by atoms with Gasteiger partial charge in [0.25, 0.3) is 0 Å². The number of nitrogens with zero attached hydrogens (tertiary/aromatic N) is 1. The van der Waals surface area contributed by atoms with E-state index in [0.717, 1.165) is 5.56 Å². The van der Waals surface area contributed by atoms with Crippen molar-refractivity contribution >= 4 is 17.4 Å². The minimum Gasteiger partial charge on any atom is -0.444 e. The Kier molecular flexibility index (Phi) is 4.53. The van der Waals surface area contributed by atoms with Crippen LogP contribution in [0.5, 0.6) is 0 Å². The van der Waals surface area contributed by atoms with E-state index in [0.29, 0.717) is 0 Å². The van der Waals surface area contributed by atoms with E-state index in [1.165, 1.54) is 11.3 Å². The molecule has 1 amide bonds. The number of rotatable bonds is 3. The van der Waals surface area contributed by atoms with Crippen LogP contribution >= 0.6 is 11.3 Å². The molecule has 0 fully saturated rings. The smallest absolute Gasteiger partial charge is 0.407 e. The molecule has 0 saturated carbocycles. The number of ether oxygens (including phenoxy) is 1. The van der Waals surface area contributed by atoms with Gasteiger partial charge in [-0.1, -0.05) is 0 Å². The molecular weight excluding hydrogens is 236 g/mol. The maximum absolute atomic E-state index is 11.4. The van der Waals surface area contributed by atoms with Crippen LogP contribution in [0.25, 0.3) is 0 Å². The van der Waals surface area contributed by atoms with E-state index in [1.807, 2.05) is 16.8 Å². The Labute approximate surface area is 105 Å². The maximum atomic E-state index is 11.4. The first-order valence-electron chi connectivity index (χ1n) is 5.31. The van der Waals surface area contributed by atoms with Crippen LogP contribution in [0, 0.1) is 11.3 Å². The van der Waals surface area contributed by atoms with Gasteiger partial charge in [-0.2, -0.15) is 16.6 Å². The molecule has 0 saturated heterocycles. The lowest BCUT2D eigenvalue weighted by Gasteiger charge is -2.20. The average Bonchev–Trinajstić information content (AvgIpc) is 2.69. The highest BCUT2D eigenvalue weighted by molar-refractivity contribution is 7.08. The fourth-order valence-corrected chi connectivity index (χ4v) is 1.93. The Morgan fingerprint density at radius 1 is 1.65 bits per heavy atom. The maximum Gasteiger partial charge on any atom is 0.407 e. The predicted octanol–water partition coefficient (Wildman–Crippen LogP) is 2.88. The van der Waals surface area contributed by atoms with Gasteiger partial charge in [-0.05, 0) is 43.2 Å². The van der Waals surface area contributed by atoms with E-state index >= 15 is 0 Å². The standard InChI is InChI=1S/C12H16N2O2S/c1-12(2,3)16-11(15)14-7-10(6-13)9-4-5-17-8-9/h4-5,8,10H,7H2,1-3H3,(H,14,15). The van der Waals surface area contributed by atoms with E-state index in [9.17, 15) is 4.79 Å². The lowest BCUT2D eigenvalue weighted by Crippen LogP contribution is -2.34. The minimum atomic E-state index is -0.519. The SMILES string of the molecule is CC(C)(C)OC(=O)NCC(C#N)c1ccsc1. The summed E-state index contributed by atoms with van der Waals surface area (Å²) in [4.78, 5) is 11.4. The zero-order valence-electron chi connectivity index (χ0n) is 10.2. The second-order valence-corrected chi connectivity index (χ2v) is 5.40. The lowest BCUT2D eigenvalue weighted by molar-refractivity contribution is 0.0527. The third kappa shape index (κ3) is 4.87. The Morgan fingerprint density at radius 2 is 2.35 bits per heavy atom. The molecule has 17 heavy (non-hydrogen) atoms. The van der Waals surface area contributed by atoms with Crippen molar-refractivity contribution in [2.45, 2.75) is 32.3 Å². The molecule has 1 atom stereocenters. The van der Waals surface area contributed by atoms with Crippen LogP contribution in [-0.4, -0.2) is 18.2 Å². The monoisotopic (exact) mass is 252 g/mol. The van der Waals surface area contributed by atoms with Crippen molar-refractivity contribution in [2.24, 2.45) is 0 Å². The van der Waals surface area contributed by atoms with Crippen molar-refractivity contribution in [1.82, 2.24) is 5.32 Å². The molecule has 0 spiro atoms. The number of hydrogen-bond acceptors (Lipinski definition) is 4. The van der Waals surface area contributed by atoms with Gasteiger partial charge in [-0.3, -0.25) is 0 Å². The van der Waals surface area contributed by atoms with Crippen molar-refractivity contribution in [1.29, 1.82) is 5.26 Å². The molecule has 92 valence electrons. The molecule has 1 heterocycles. The Hall–Kier alpha value is -1.54. The van der Waals surface area contributed by atoms with Gasteiger partial charge in [-0.15, -0.1) is 0 Å². The number of nitrogens with one attached hydrogen (secondary N) is 1. The first-order chi connectivity index (χ1) is 7.92. The van der Waals surface area contributed by atoms with Crippen molar-refractivity contribution in [3.63, 3.8) is 0 Å². The first kappa shape index (κ1) is 13.5. The first-order valence-corrected chi connectivity index (χ1v) is 6.25. The van der Waals surface area contributed by atoms with Crippen LogP contribution in [0.3, 0.4) is 0 Å². The summed E-state index contributed by atoms with van der Waals surface area (Å²) >= 11 is 1.53. The van der Waals surface area contributed by atoms with Gasteiger partial charge < -0.3 is 10.1 Å². The minimum absolute atomic E-state index is 0.266. The molecule has 0 bridgehead atoms. The largest absolute Gasteiger partial charge is 0.444 e. The number of thiophene rings is 1. The van der Waals surface area contributed by atoms with E-state index in [1.54, 1.807) is 20.8 Å². The summed E-state index contributed by atoms with van der Waals surface area (Å²) in [7, 11) is 0. The molecule has 0 aliphatic rings. The molecule has 1 aromatic heterocycles. The molecule has 1 rings (SSSR count). The van der Waals surface area contributed by atoms with E-state index in [-0.39, 0.29) is 12.5 Å².